The van der Waals surface area contributed by atoms with E-state index < -0.39 is 0 Å². The summed E-state index contributed by atoms with van der Waals surface area (Å²) in [6, 6.07) is 1.96. The van der Waals surface area contributed by atoms with Crippen molar-refractivity contribution in [3.05, 3.63) is 22.3 Å². The van der Waals surface area contributed by atoms with Crippen LogP contribution in [0.2, 0.25) is 0 Å². The van der Waals surface area contributed by atoms with Crippen LogP contribution >= 0.6 is 27.7 Å². The zero-order valence-corrected chi connectivity index (χ0v) is 14.6. The summed E-state index contributed by atoms with van der Waals surface area (Å²) in [6.07, 6.45) is 2.66. The van der Waals surface area contributed by atoms with Gasteiger partial charge in [0.15, 0.2) is 0 Å². The van der Waals surface area contributed by atoms with Crippen LogP contribution in [0.4, 0.5) is 5.82 Å². The Hall–Kier alpha value is -0.750. The molecule has 0 bridgehead atoms. The minimum absolute atomic E-state index is 0.0799. The maximum atomic E-state index is 12.3. The van der Waals surface area contributed by atoms with Gasteiger partial charge in [0.05, 0.1) is 5.56 Å². The van der Waals surface area contributed by atoms with Gasteiger partial charge in [-0.25, -0.2) is 4.98 Å². The van der Waals surface area contributed by atoms with Gasteiger partial charge in [-0.3, -0.25) is 4.79 Å². The quantitative estimate of drug-likeness (QED) is 0.697. The Morgan fingerprint density at radius 3 is 2.90 bits per heavy atom. The van der Waals surface area contributed by atoms with E-state index in [9.17, 15) is 4.79 Å². The molecule has 2 N–H and O–H groups in total. The minimum atomic E-state index is -0.0799. The Labute approximate surface area is 133 Å². The van der Waals surface area contributed by atoms with Crippen molar-refractivity contribution < 1.29 is 4.79 Å². The van der Waals surface area contributed by atoms with E-state index in [0.717, 1.165) is 28.9 Å². The van der Waals surface area contributed by atoms with E-state index in [1.807, 2.05) is 25.6 Å². The summed E-state index contributed by atoms with van der Waals surface area (Å²) in [7, 11) is 0. The fourth-order valence-corrected chi connectivity index (χ4v) is 2.84. The van der Waals surface area contributed by atoms with Crippen LogP contribution in [0.1, 0.15) is 37.6 Å². The number of aromatic nitrogens is 1. The molecule has 1 amide bonds. The number of rotatable bonds is 8. The fraction of sp³-hybridized carbons (Fsp3) is 0.571. The lowest BCUT2D eigenvalue weighted by Gasteiger charge is -2.15. The second-order valence-electron chi connectivity index (χ2n) is 4.44. The van der Waals surface area contributed by atoms with Gasteiger partial charge in [0.25, 0.3) is 5.91 Å². The fourth-order valence-electron chi connectivity index (χ4n) is 1.70. The molecule has 1 atom stereocenters. The molecule has 4 nitrogen and oxygen atoms in total. The minimum Gasteiger partial charge on any atom is -0.370 e. The molecule has 1 rings (SSSR count). The summed E-state index contributed by atoms with van der Waals surface area (Å²) in [5, 5.41) is 6.14. The maximum Gasteiger partial charge on any atom is 0.255 e. The van der Waals surface area contributed by atoms with Gasteiger partial charge >= 0.3 is 0 Å². The third-order valence-corrected chi connectivity index (χ3v) is 4.09. The lowest BCUT2D eigenvalue weighted by atomic mass is 10.2. The van der Waals surface area contributed by atoms with Crippen LogP contribution in [0, 0.1) is 0 Å². The summed E-state index contributed by atoms with van der Waals surface area (Å²) in [5.74, 6) is 2.72. The zero-order valence-electron chi connectivity index (χ0n) is 12.2. The number of anilines is 1. The van der Waals surface area contributed by atoms with Gasteiger partial charge in [-0.2, -0.15) is 11.8 Å². The van der Waals surface area contributed by atoms with Crippen molar-refractivity contribution in [1.29, 1.82) is 0 Å². The number of amides is 1. The van der Waals surface area contributed by atoms with Crippen molar-refractivity contribution >= 4 is 39.4 Å². The first kappa shape index (κ1) is 17.3. The van der Waals surface area contributed by atoms with Crippen molar-refractivity contribution in [2.75, 3.05) is 23.4 Å². The molecule has 0 fully saturated rings. The highest BCUT2D eigenvalue weighted by atomic mass is 79.9. The SMILES string of the molecule is CCNc1ncc(Br)cc1C(=O)NC(C)CCSCC. The largest absolute Gasteiger partial charge is 0.370 e. The van der Waals surface area contributed by atoms with Crippen LogP contribution in [0.3, 0.4) is 0 Å². The Bertz CT molecular complexity index is 442. The van der Waals surface area contributed by atoms with Crippen LogP contribution in [0.15, 0.2) is 16.7 Å². The predicted octanol–water partition coefficient (Wildman–Crippen LogP) is 3.54. The molecule has 0 saturated heterocycles. The molecule has 1 aromatic heterocycles. The summed E-state index contributed by atoms with van der Waals surface area (Å²) >= 11 is 5.25. The Balaban J connectivity index is 2.68. The molecule has 1 heterocycles. The van der Waals surface area contributed by atoms with E-state index in [4.69, 9.17) is 0 Å². The van der Waals surface area contributed by atoms with Gasteiger partial charge in [0.2, 0.25) is 0 Å². The molecule has 6 heteroatoms. The molecule has 0 aliphatic carbocycles. The van der Waals surface area contributed by atoms with Crippen LogP contribution < -0.4 is 10.6 Å². The highest BCUT2D eigenvalue weighted by Crippen LogP contribution is 2.18. The molecule has 0 spiro atoms. The monoisotopic (exact) mass is 359 g/mol. The Morgan fingerprint density at radius 1 is 1.50 bits per heavy atom. The average Bonchev–Trinajstić information content (AvgIpc) is 2.41. The van der Waals surface area contributed by atoms with Gasteiger partial charge in [-0.15, -0.1) is 0 Å². The van der Waals surface area contributed by atoms with Crippen molar-refractivity contribution in [2.45, 2.75) is 33.2 Å². The lowest BCUT2D eigenvalue weighted by molar-refractivity contribution is 0.0940. The second-order valence-corrected chi connectivity index (χ2v) is 6.75. The molecule has 0 aromatic carbocycles. The molecule has 0 aliphatic rings. The molecule has 1 aromatic rings. The van der Waals surface area contributed by atoms with Crippen molar-refractivity contribution in [1.82, 2.24) is 10.3 Å². The number of carbonyl (C=O) groups is 1. The first-order chi connectivity index (χ1) is 9.58. The van der Waals surface area contributed by atoms with Crippen molar-refractivity contribution in [3.8, 4) is 0 Å². The first-order valence-corrected chi connectivity index (χ1v) is 8.81. The van der Waals surface area contributed by atoms with Crippen LogP contribution in [0.5, 0.6) is 0 Å². The van der Waals surface area contributed by atoms with E-state index >= 15 is 0 Å². The first-order valence-electron chi connectivity index (χ1n) is 6.86. The number of carbonyl (C=O) groups excluding carboxylic acids is 1. The van der Waals surface area contributed by atoms with Crippen molar-refractivity contribution in [2.24, 2.45) is 0 Å². The maximum absolute atomic E-state index is 12.3. The third kappa shape index (κ3) is 5.71. The van der Waals surface area contributed by atoms with Gasteiger partial charge in [-0.1, -0.05) is 6.92 Å². The summed E-state index contributed by atoms with van der Waals surface area (Å²) < 4.78 is 0.804. The molecular formula is C14H22BrN3OS. The molecule has 0 saturated carbocycles. The molecule has 20 heavy (non-hydrogen) atoms. The average molecular weight is 360 g/mol. The van der Waals surface area contributed by atoms with Crippen LogP contribution in [-0.2, 0) is 0 Å². The molecule has 0 aliphatic heterocycles. The number of pyridine rings is 1. The van der Waals surface area contributed by atoms with E-state index in [1.54, 1.807) is 12.3 Å². The standard InChI is InChI=1S/C14H22BrN3OS/c1-4-16-13-12(8-11(15)9-17-13)14(19)18-10(3)6-7-20-5-2/h8-10H,4-7H2,1-3H3,(H,16,17)(H,18,19). The van der Waals surface area contributed by atoms with E-state index in [0.29, 0.717) is 11.4 Å². The number of hydrogen-bond acceptors (Lipinski definition) is 4. The predicted molar refractivity (Wildman–Crippen MR) is 90.6 cm³/mol. The second kappa shape index (κ2) is 9.23. The lowest BCUT2D eigenvalue weighted by Crippen LogP contribution is -2.33. The number of nitrogens with zero attached hydrogens (tertiary/aromatic N) is 1. The molecule has 112 valence electrons. The molecular weight excluding hydrogens is 338 g/mol. The third-order valence-electron chi connectivity index (χ3n) is 2.72. The van der Waals surface area contributed by atoms with Gasteiger partial charge < -0.3 is 10.6 Å². The smallest absolute Gasteiger partial charge is 0.255 e. The highest BCUT2D eigenvalue weighted by molar-refractivity contribution is 9.10. The van der Waals surface area contributed by atoms with Crippen LogP contribution in [0.25, 0.3) is 0 Å². The van der Waals surface area contributed by atoms with E-state index in [-0.39, 0.29) is 11.9 Å². The van der Waals surface area contributed by atoms with Crippen LogP contribution in [-0.4, -0.2) is 35.0 Å². The van der Waals surface area contributed by atoms with Crippen molar-refractivity contribution in [3.63, 3.8) is 0 Å². The topological polar surface area (TPSA) is 54.0 Å². The van der Waals surface area contributed by atoms with E-state index in [2.05, 4.69) is 38.5 Å². The van der Waals surface area contributed by atoms with E-state index in [1.165, 1.54) is 0 Å². The normalized spacial score (nSPS) is 12.0. The number of hydrogen-bond donors (Lipinski definition) is 2. The summed E-state index contributed by atoms with van der Waals surface area (Å²) in [4.78, 5) is 16.6. The Morgan fingerprint density at radius 2 is 2.25 bits per heavy atom. The summed E-state index contributed by atoms with van der Waals surface area (Å²) in [6.45, 7) is 6.89. The number of thioether (sulfide) groups is 1. The van der Waals surface area contributed by atoms with Gasteiger partial charge in [-0.05, 0) is 53.8 Å². The number of nitrogens with one attached hydrogen (secondary N) is 2. The van der Waals surface area contributed by atoms with Gasteiger partial charge in [0, 0.05) is 23.3 Å². The van der Waals surface area contributed by atoms with Gasteiger partial charge in [0.1, 0.15) is 5.82 Å². The Kier molecular flexibility index (Phi) is 7.99. The molecule has 1 unspecified atom stereocenters. The highest BCUT2D eigenvalue weighted by Gasteiger charge is 2.15. The number of halogens is 1. The summed E-state index contributed by atoms with van der Waals surface area (Å²) in [5.41, 5.74) is 0.580. The zero-order chi connectivity index (χ0) is 15.0. The molecule has 0 radical (unpaired) electrons.